The molecule has 80 valence electrons. The lowest BCUT2D eigenvalue weighted by molar-refractivity contribution is 0.805. The average molecular weight is 202 g/mol. The Bertz CT molecular complexity index is 358. The van der Waals surface area contributed by atoms with E-state index in [2.05, 4.69) is 35.9 Å². The summed E-state index contributed by atoms with van der Waals surface area (Å²) in [7, 11) is 0. The van der Waals surface area contributed by atoms with Gasteiger partial charge in [-0.2, -0.15) is 0 Å². The number of nitrogens with one attached hydrogen (secondary N) is 1. The summed E-state index contributed by atoms with van der Waals surface area (Å²) in [6, 6.07) is 4.71. The predicted octanol–water partition coefficient (Wildman–Crippen LogP) is 2.95. The van der Waals surface area contributed by atoms with Crippen LogP contribution in [0.2, 0.25) is 0 Å². The minimum absolute atomic E-state index is 0.412. The molecule has 1 N–H and O–H groups in total. The minimum Gasteiger partial charge on any atom is -0.367 e. The summed E-state index contributed by atoms with van der Waals surface area (Å²) >= 11 is 0. The molecule has 2 nitrogen and oxygen atoms in total. The van der Waals surface area contributed by atoms with Crippen molar-refractivity contribution in [2.24, 2.45) is 0 Å². The molecule has 0 saturated carbocycles. The molecule has 1 aromatic rings. The fourth-order valence-corrected chi connectivity index (χ4v) is 2.06. The Morgan fingerprint density at radius 2 is 2.40 bits per heavy atom. The molecule has 0 saturated heterocycles. The monoisotopic (exact) mass is 202 g/mol. The molecule has 15 heavy (non-hydrogen) atoms. The third-order valence-electron chi connectivity index (χ3n) is 2.84. The standard InChI is InChI=1S/C13H18N2/c1-3-5-10(2)14-13-9-8-11-6-4-7-12(11)15-13/h3,8-10H,1,4-7H2,2H3,(H,14,15). The first-order valence-corrected chi connectivity index (χ1v) is 5.66. The van der Waals surface area contributed by atoms with Crippen LogP contribution in [0.5, 0.6) is 0 Å². The maximum absolute atomic E-state index is 4.63. The van der Waals surface area contributed by atoms with Gasteiger partial charge in [0.1, 0.15) is 5.82 Å². The van der Waals surface area contributed by atoms with Gasteiger partial charge < -0.3 is 5.32 Å². The highest BCUT2D eigenvalue weighted by molar-refractivity contribution is 5.41. The summed E-state index contributed by atoms with van der Waals surface area (Å²) in [6.45, 7) is 5.89. The van der Waals surface area contributed by atoms with Gasteiger partial charge in [0, 0.05) is 11.7 Å². The van der Waals surface area contributed by atoms with Gasteiger partial charge in [0.2, 0.25) is 0 Å². The van der Waals surface area contributed by atoms with Crippen molar-refractivity contribution in [3.63, 3.8) is 0 Å². The predicted molar refractivity (Wildman–Crippen MR) is 64.2 cm³/mol. The smallest absolute Gasteiger partial charge is 0.126 e. The topological polar surface area (TPSA) is 24.9 Å². The SMILES string of the molecule is C=CCC(C)Nc1ccc2c(n1)CCC2. The van der Waals surface area contributed by atoms with Crippen LogP contribution in [0.25, 0.3) is 0 Å². The number of hydrogen-bond acceptors (Lipinski definition) is 2. The largest absolute Gasteiger partial charge is 0.367 e. The van der Waals surface area contributed by atoms with E-state index in [1.165, 1.54) is 24.1 Å². The fraction of sp³-hybridized carbons (Fsp3) is 0.462. The van der Waals surface area contributed by atoms with Crippen molar-refractivity contribution >= 4 is 5.82 Å². The zero-order chi connectivity index (χ0) is 10.7. The molecule has 2 heteroatoms. The van der Waals surface area contributed by atoms with Crippen LogP contribution in [-0.4, -0.2) is 11.0 Å². The summed E-state index contributed by atoms with van der Waals surface area (Å²) in [4.78, 5) is 4.63. The Balaban J connectivity index is 2.06. The number of fused-ring (bicyclic) bond motifs is 1. The molecule has 1 unspecified atom stereocenters. The summed E-state index contributed by atoms with van der Waals surface area (Å²) in [5.41, 5.74) is 2.71. The van der Waals surface area contributed by atoms with Crippen LogP contribution >= 0.6 is 0 Å². The highest BCUT2D eigenvalue weighted by atomic mass is 15.0. The molecular weight excluding hydrogens is 184 g/mol. The Labute approximate surface area is 91.4 Å². The van der Waals surface area contributed by atoms with Crippen molar-refractivity contribution in [3.8, 4) is 0 Å². The highest BCUT2D eigenvalue weighted by Gasteiger charge is 2.12. The number of nitrogens with zero attached hydrogens (tertiary/aromatic N) is 1. The first-order chi connectivity index (χ1) is 7.29. The normalized spacial score (nSPS) is 15.8. The lowest BCUT2D eigenvalue weighted by Gasteiger charge is -2.13. The van der Waals surface area contributed by atoms with Crippen LogP contribution in [0.3, 0.4) is 0 Å². The molecule has 0 spiro atoms. The van der Waals surface area contributed by atoms with Gasteiger partial charge in [0.25, 0.3) is 0 Å². The van der Waals surface area contributed by atoms with E-state index in [1.54, 1.807) is 0 Å². The Kier molecular flexibility index (Phi) is 3.05. The summed E-state index contributed by atoms with van der Waals surface area (Å²) < 4.78 is 0. The summed E-state index contributed by atoms with van der Waals surface area (Å²) in [6.07, 6.45) is 6.50. The summed E-state index contributed by atoms with van der Waals surface area (Å²) in [5.74, 6) is 1.00. The second-order valence-corrected chi connectivity index (χ2v) is 4.23. The molecule has 1 atom stereocenters. The molecule has 0 fully saturated rings. The Morgan fingerprint density at radius 3 is 3.20 bits per heavy atom. The van der Waals surface area contributed by atoms with Crippen molar-refractivity contribution in [2.75, 3.05) is 5.32 Å². The van der Waals surface area contributed by atoms with Crippen molar-refractivity contribution in [2.45, 2.75) is 38.6 Å². The van der Waals surface area contributed by atoms with E-state index < -0.39 is 0 Å². The van der Waals surface area contributed by atoms with Crippen molar-refractivity contribution < 1.29 is 0 Å². The lowest BCUT2D eigenvalue weighted by Crippen LogP contribution is -2.15. The molecule has 0 amide bonds. The second kappa shape index (κ2) is 4.47. The molecule has 0 aromatic carbocycles. The molecule has 0 bridgehead atoms. The van der Waals surface area contributed by atoms with Crippen LogP contribution < -0.4 is 5.32 Å². The van der Waals surface area contributed by atoms with E-state index in [9.17, 15) is 0 Å². The number of rotatable bonds is 4. The molecule has 1 aromatic heterocycles. The van der Waals surface area contributed by atoms with Crippen LogP contribution in [-0.2, 0) is 12.8 Å². The molecule has 0 aliphatic heterocycles. The average Bonchev–Trinajstić information content (AvgIpc) is 2.65. The van der Waals surface area contributed by atoms with Crippen molar-refractivity contribution in [1.29, 1.82) is 0 Å². The highest BCUT2D eigenvalue weighted by Crippen LogP contribution is 2.21. The molecule has 1 aliphatic carbocycles. The summed E-state index contributed by atoms with van der Waals surface area (Å²) in [5, 5.41) is 3.39. The first kappa shape index (κ1) is 10.2. The van der Waals surface area contributed by atoms with E-state index in [4.69, 9.17) is 0 Å². The van der Waals surface area contributed by atoms with Gasteiger partial charge in [-0.05, 0) is 44.2 Å². The van der Waals surface area contributed by atoms with Crippen LogP contribution in [0.1, 0.15) is 31.0 Å². The molecule has 2 rings (SSSR count). The number of hydrogen-bond donors (Lipinski definition) is 1. The van der Waals surface area contributed by atoms with Crippen LogP contribution in [0, 0.1) is 0 Å². The number of pyridine rings is 1. The van der Waals surface area contributed by atoms with Crippen LogP contribution in [0.4, 0.5) is 5.82 Å². The van der Waals surface area contributed by atoms with Gasteiger partial charge in [-0.25, -0.2) is 4.98 Å². The maximum atomic E-state index is 4.63. The second-order valence-electron chi connectivity index (χ2n) is 4.23. The van der Waals surface area contributed by atoms with E-state index >= 15 is 0 Å². The van der Waals surface area contributed by atoms with E-state index in [0.717, 1.165) is 18.7 Å². The quantitative estimate of drug-likeness (QED) is 0.759. The van der Waals surface area contributed by atoms with Gasteiger partial charge in [-0.3, -0.25) is 0 Å². The van der Waals surface area contributed by atoms with E-state index in [-0.39, 0.29) is 0 Å². The van der Waals surface area contributed by atoms with E-state index in [0.29, 0.717) is 6.04 Å². The Hall–Kier alpha value is -1.31. The minimum atomic E-state index is 0.412. The van der Waals surface area contributed by atoms with Gasteiger partial charge >= 0.3 is 0 Å². The van der Waals surface area contributed by atoms with Crippen LogP contribution in [0.15, 0.2) is 24.8 Å². The van der Waals surface area contributed by atoms with Gasteiger partial charge in [-0.1, -0.05) is 12.1 Å². The number of anilines is 1. The zero-order valence-corrected chi connectivity index (χ0v) is 9.29. The third kappa shape index (κ3) is 2.38. The molecular formula is C13H18N2. The number of aryl methyl sites for hydroxylation is 2. The van der Waals surface area contributed by atoms with Crippen molar-refractivity contribution in [3.05, 3.63) is 36.0 Å². The Morgan fingerprint density at radius 1 is 1.53 bits per heavy atom. The maximum Gasteiger partial charge on any atom is 0.126 e. The van der Waals surface area contributed by atoms with E-state index in [1.807, 2.05) is 6.08 Å². The molecule has 1 heterocycles. The first-order valence-electron chi connectivity index (χ1n) is 5.66. The third-order valence-corrected chi connectivity index (χ3v) is 2.84. The zero-order valence-electron chi connectivity index (χ0n) is 9.29. The van der Waals surface area contributed by atoms with Gasteiger partial charge in [-0.15, -0.1) is 6.58 Å². The molecule has 1 aliphatic rings. The van der Waals surface area contributed by atoms with Crippen molar-refractivity contribution in [1.82, 2.24) is 4.98 Å². The lowest BCUT2D eigenvalue weighted by atomic mass is 10.2. The van der Waals surface area contributed by atoms with Gasteiger partial charge in [0.15, 0.2) is 0 Å². The molecule has 0 radical (unpaired) electrons. The van der Waals surface area contributed by atoms with Gasteiger partial charge in [0.05, 0.1) is 0 Å². The fourth-order valence-electron chi connectivity index (χ4n) is 2.06. The number of aromatic nitrogens is 1.